The lowest BCUT2D eigenvalue weighted by atomic mass is 10.1. The zero-order valence-corrected chi connectivity index (χ0v) is 13.7. The maximum Gasteiger partial charge on any atom is 0.224 e. The average Bonchev–Trinajstić information content (AvgIpc) is 2.48. The Morgan fingerprint density at radius 3 is 2.35 bits per heavy atom. The second kappa shape index (κ2) is 7.43. The van der Waals surface area contributed by atoms with E-state index in [1.54, 1.807) is 0 Å². The Bertz CT molecular complexity index is 578. The number of hydrogen-bond donors (Lipinski definition) is 1. The van der Waals surface area contributed by atoms with Gasteiger partial charge < -0.3 is 5.32 Å². The van der Waals surface area contributed by atoms with Crippen LogP contribution in [0.5, 0.6) is 0 Å². The summed E-state index contributed by atoms with van der Waals surface area (Å²) in [5.74, 6) is 0.0636. The number of carbonyl (C=O) groups is 1. The minimum Gasteiger partial charge on any atom is -0.325 e. The Labute approximate surface area is 133 Å². The molecule has 3 heteroatoms. The summed E-state index contributed by atoms with van der Waals surface area (Å²) in [7, 11) is 0. The van der Waals surface area contributed by atoms with Crippen LogP contribution in [0.3, 0.4) is 0 Å². The fourth-order valence-electron chi connectivity index (χ4n) is 1.97. The molecule has 2 aromatic rings. The van der Waals surface area contributed by atoms with Crippen LogP contribution in [0, 0.1) is 3.57 Å². The molecule has 0 radical (unpaired) electrons. The smallest absolute Gasteiger partial charge is 0.224 e. The first-order chi connectivity index (χ1) is 9.69. The molecule has 0 atom stereocenters. The minimum absolute atomic E-state index is 0.0636. The second-order valence-corrected chi connectivity index (χ2v) is 5.86. The predicted molar refractivity (Wildman–Crippen MR) is 91.9 cm³/mol. The molecule has 0 aromatic heterocycles. The normalized spacial score (nSPS) is 10.3. The molecule has 0 saturated heterocycles. The summed E-state index contributed by atoms with van der Waals surface area (Å²) in [4.78, 5) is 11.9. The van der Waals surface area contributed by atoms with E-state index in [0.717, 1.165) is 22.1 Å². The number of para-hydroxylation sites is 1. The van der Waals surface area contributed by atoms with Gasteiger partial charge in [0, 0.05) is 9.99 Å². The lowest BCUT2D eigenvalue weighted by molar-refractivity contribution is -0.116. The van der Waals surface area contributed by atoms with Crippen LogP contribution in [0.15, 0.2) is 48.5 Å². The van der Waals surface area contributed by atoms with Gasteiger partial charge in [-0.2, -0.15) is 0 Å². The van der Waals surface area contributed by atoms with E-state index in [1.165, 1.54) is 11.1 Å². The first-order valence-corrected chi connectivity index (χ1v) is 7.89. The zero-order valence-electron chi connectivity index (χ0n) is 11.5. The van der Waals surface area contributed by atoms with E-state index in [1.807, 2.05) is 24.3 Å². The standard InChI is InChI=1S/C17H18INO/c1-2-13-7-9-14(10-8-13)11-12-17(20)19-16-6-4-3-5-15(16)18/h3-10H,2,11-12H2,1H3,(H,19,20). The summed E-state index contributed by atoms with van der Waals surface area (Å²) in [5.41, 5.74) is 3.43. The third-order valence-electron chi connectivity index (χ3n) is 3.22. The number of benzene rings is 2. The maximum atomic E-state index is 11.9. The number of anilines is 1. The van der Waals surface area contributed by atoms with Gasteiger partial charge in [0.1, 0.15) is 0 Å². The van der Waals surface area contributed by atoms with Crippen molar-refractivity contribution < 1.29 is 4.79 Å². The molecule has 0 heterocycles. The van der Waals surface area contributed by atoms with Gasteiger partial charge in [-0.3, -0.25) is 4.79 Å². The lowest BCUT2D eigenvalue weighted by Crippen LogP contribution is -2.13. The number of aryl methyl sites for hydroxylation is 2. The maximum absolute atomic E-state index is 11.9. The van der Waals surface area contributed by atoms with Crippen molar-refractivity contribution in [3.8, 4) is 0 Å². The van der Waals surface area contributed by atoms with Crippen molar-refractivity contribution in [2.75, 3.05) is 5.32 Å². The molecule has 2 nitrogen and oxygen atoms in total. The fourth-order valence-corrected chi connectivity index (χ4v) is 2.50. The highest BCUT2D eigenvalue weighted by atomic mass is 127. The van der Waals surface area contributed by atoms with Crippen molar-refractivity contribution in [2.24, 2.45) is 0 Å². The van der Waals surface area contributed by atoms with Gasteiger partial charge in [-0.1, -0.05) is 43.3 Å². The van der Waals surface area contributed by atoms with Crippen LogP contribution in [0.1, 0.15) is 24.5 Å². The molecule has 0 fully saturated rings. The van der Waals surface area contributed by atoms with Gasteiger partial charge in [-0.05, 0) is 58.7 Å². The number of carbonyl (C=O) groups excluding carboxylic acids is 1. The summed E-state index contributed by atoms with van der Waals surface area (Å²) in [5, 5.41) is 2.96. The Balaban J connectivity index is 1.87. The Morgan fingerprint density at radius 1 is 1.05 bits per heavy atom. The number of halogens is 1. The third-order valence-corrected chi connectivity index (χ3v) is 4.16. The van der Waals surface area contributed by atoms with E-state index in [4.69, 9.17) is 0 Å². The molecule has 0 aliphatic rings. The monoisotopic (exact) mass is 379 g/mol. The molecule has 0 aliphatic carbocycles. The van der Waals surface area contributed by atoms with E-state index in [-0.39, 0.29) is 5.91 Å². The molecule has 1 N–H and O–H groups in total. The Kier molecular flexibility index (Phi) is 5.59. The molecular formula is C17H18INO. The first kappa shape index (κ1) is 15.0. The van der Waals surface area contributed by atoms with E-state index in [2.05, 4.69) is 59.1 Å². The van der Waals surface area contributed by atoms with Gasteiger partial charge in [0.2, 0.25) is 5.91 Å². The number of amides is 1. The Morgan fingerprint density at radius 2 is 1.70 bits per heavy atom. The van der Waals surface area contributed by atoms with Gasteiger partial charge in [0.05, 0.1) is 5.69 Å². The number of rotatable bonds is 5. The molecule has 2 aromatic carbocycles. The largest absolute Gasteiger partial charge is 0.325 e. The Hall–Kier alpha value is -1.36. The molecular weight excluding hydrogens is 361 g/mol. The second-order valence-electron chi connectivity index (χ2n) is 4.70. The van der Waals surface area contributed by atoms with Crippen molar-refractivity contribution in [3.05, 3.63) is 63.2 Å². The minimum atomic E-state index is 0.0636. The molecule has 104 valence electrons. The van der Waals surface area contributed by atoms with E-state index in [0.29, 0.717) is 6.42 Å². The van der Waals surface area contributed by atoms with Crippen LogP contribution in [-0.2, 0) is 17.6 Å². The molecule has 1 amide bonds. The molecule has 0 spiro atoms. The van der Waals surface area contributed by atoms with Gasteiger partial charge >= 0.3 is 0 Å². The van der Waals surface area contributed by atoms with E-state index >= 15 is 0 Å². The average molecular weight is 379 g/mol. The van der Waals surface area contributed by atoms with E-state index < -0.39 is 0 Å². The number of hydrogen-bond acceptors (Lipinski definition) is 1. The van der Waals surface area contributed by atoms with Crippen LogP contribution in [0.25, 0.3) is 0 Å². The molecule has 0 aliphatic heterocycles. The van der Waals surface area contributed by atoms with Crippen molar-refractivity contribution in [3.63, 3.8) is 0 Å². The first-order valence-electron chi connectivity index (χ1n) is 6.81. The van der Waals surface area contributed by atoms with E-state index in [9.17, 15) is 4.79 Å². The van der Waals surface area contributed by atoms with Crippen molar-refractivity contribution in [1.82, 2.24) is 0 Å². The molecule has 0 unspecified atom stereocenters. The highest BCUT2D eigenvalue weighted by Gasteiger charge is 2.05. The summed E-state index contributed by atoms with van der Waals surface area (Å²) in [6, 6.07) is 16.3. The predicted octanol–water partition coefficient (Wildman–Crippen LogP) is 4.42. The summed E-state index contributed by atoms with van der Waals surface area (Å²) < 4.78 is 1.06. The van der Waals surface area contributed by atoms with Gasteiger partial charge in [-0.25, -0.2) is 0 Å². The molecule has 20 heavy (non-hydrogen) atoms. The van der Waals surface area contributed by atoms with Crippen molar-refractivity contribution in [2.45, 2.75) is 26.2 Å². The topological polar surface area (TPSA) is 29.1 Å². The van der Waals surface area contributed by atoms with Crippen LogP contribution >= 0.6 is 22.6 Å². The fraction of sp³-hybridized carbons (Fsp3) is 0.235. The number of nitrogens with one attached hydrogen (secondary N) is 1. The summed E-state index contributed by atoms with van der Waals surface area (Å²) in [6.07, 6.45) is 2.34. The summed E-state index contributed by atoms with van der Waals surface area (Å²) in [6.45, 7) is 2.14. The quantitative estimate of drug-likeness (QED) is 0.766. The highest BCUT2D eigenvalue weighted by molar-refractivity contribution is 14.1. The van der Waals surface area contributed by atoms with Crippen LogP contribution in [-0.4, -0.2) is 5.91 Å². The van der Waals surface area contributed by atoms with Crippen LogP contribution in [0.4, 0.5) is 5.69 Å². The van der Waals surface area contributed by atoms with Gasteiger partial charge in [-0.15, -0.1) is 0 Å². The van der Waals surface area contributed by atoms with Crippen molar-refractivity contribution in [1.29, 1.82) is 0 Å². The molecule has 2 rings (SSSR count). The van der Waals surface area contributed by atoms with Gasteiger partial charge in [0.25, 0.3) is 0 Å². The summed E-state index contributed by atoms with van der Waals surface area (Å²) >= 11 is 2.23. The van der Waals surface area contributed by atoms with Crippen LogP contribution in [0.2, 0.25) is 0 Å². The highest BCUT2D eigenvalue weighted by Crippen LogP contribution is 2.17. The molecule has 0 saturated carbocycles. The van der Waals surface area contributed by atoms with Gasteiger partial charge in [0.15, 0.2) is 0 Å². The molecule has 0 bridgehead atoms. The lowest BCUT2D eigenvalue weighted by Gasteiger charge is -2.07. The third kappa shape index (κ3) is 4.34. The zero-order chi connectivity index (χ0) is 14.4. The SMILES string of the molecule is CCc1ccc(CCC(=O)Nc2ccccc2I)cc1. The van der Waals surface area contributed by atoms with Crippen LogP contribution < -0.4 is 5.32 Å². The van der Waals surface area contributed by atoms with Crippen molar-refractivity contribution >= 4 is 34.2 Å².